The van der Waals surface area contributed by atoms with Crippen molar-refractivity contribution in [3.8, 4) is 0 Å². The van der Waals surface area contributed by atoms with E-state index in [1.807, 2.05) is 13.0 Å². The predicted molar refractivity (Wildman–Crippen MR) is 87.4 cm³/mol. The third-order valence-corrected chi connectivity index (χ3v) is 6.20. The van der Waals surface area contributed by atoms with Crippen LogP contribution < -0.4 is 0 Å². The number of allylic oxidation sites excluding steroid dienone is 1. The van der Waals surface area contributed by atoms with Crippen molar-refractivity contribution in [2.45, 2.75) is 66.7 Å². The standard InChI is InChI=1S/C19H30O3/c1-6-8-9-13(17(21)22-7-2)12-14-15-10-11-19(5,16(14)20)18(15,3)4/h12-13,15H,6-11H2,1-5H3. The van der Waals surface area contributed by atoms with Crippen molar-refractivity contribution in [2.75, 3.05) is 6.61 Å². The van der Waals surface area contributed by atoms with Gasteiger partial charge < -0.3 is 4.74 Å². The summed E-state index contributed by atoms with van der Waals surface area (Å²) in [6, 6.07) is 0. The number of hydrogen-bond donors (Lipinski definition) is 0. The molecule has 2 bridgehead atoms. The van der Waals surface area contributed by atoms with Gasteiger partial charge in [0.2, 0.25) is 0 Å². The molecule has 3 atom stereocenters. The minimum Gasteiger partial charge on any atom is -0.466 e. The number of fused-ring (bicyclic) bond motifs is 2. The summed E-state index contributed by atoms with van der Waals surface area (Å²) in [5, 5.41) is 0. The maximum atomic E-state index is 12.9. The van der Waals surface area contributed by atoms with E-state index in [4.69, 9.17) is 4.74 Å². The molecule has 2 aliphatic carbocycles. The Labute approximate surface area is 134 Å². The molecule has 0 aromatic heterocycles. The minimum absolute atomic E-state index is 0.000115. The van der Waals surface area contributed by atoms with Crippen molar-refractivity contribution in [3.05, 3.63) is 11.6 Å². The molecule has 0 spiro atoms. The Bertz CT molecular complexity index is 489. The van der Waals surface area contributed by atoms with Crippen molar-refractivity contribution in [3.63, 3.8) is 0 Å². The van der Waals surface area contributed by atoms with Crippen LogP contribution in [0.3, 0.4) is 0 Å². The van der Waals surface area contributed by atoms with Crippen LogP contribution in [0.5, 0.6) is 0 Å². The third-order valence-electron chi connectivity index (χ3n) is 6.20. The highest BCUT2D eigenvalue weighted by atomic mass is 16.5. The fraction of sp³-hybridized carbons (Fsp3) is 0.789. The van der Waals surface area contributed by atoms with Gasteiger partial charge in [0.05, 0.1) is 12.5 Å². The van der Waals surface area contributed by atoms with E-state index >= 15 is 0 Å². The van der Waals surface area contributed by atoms with Crippen LogP contribution in [0.1, 0.15) is 66.7 Å². The molecule has 2 saturated carbocycles. The Morgan fingerprint density at radius 1 is 1.36 bits per heavy atom. The zero-order valence-corrected chi connectivity index (χ0v) is 14.7. The fourth-order valence-corrected chi connectivity index (χ4v) is 4.28. The molecule has 22 heavy (non-hydrogen) atoms. The first kappa shape index (κ1) is 17.2. The molecule has 0 radical (unpaired) electrons. The zero-order chi connectivity index (χ0) is 16.5. The average molecular weight is 306 g/mol. The normalized spacial score (nSPS) is 32.5. The van der Waals surface area contributed by atoms with Crippen LogP contribution in [0.15, 0.2) is 11.6 Å². The zero-order valence-electron chi connectivity index (χ0n) is 14.7. The van der Waals surface area contributed by atoms with Crippen LogP contribution >= 0.6 is 0 Å². The Hall–Kier alpha value is -1.12. The highest BCUT2D eigenvalue weighted by Crippen LogP contribution is 2.65. The molecule has 3 nitrogen and oxygen atoms in total. The van der Waals surface area contributed by atoms with Crippen LogP contribution in [-0.4, -0.2) is 18.4 Å². The van der Waals surface area contributed by atoms with E-state index in [0.29, 0.717) is 12.5 Å². The molecule has 2 fully saturated rings. The van der Waals surface area contributed by atoms with Gasteiger partial charge in [-0.3, -0.25) is 9.59 Å². The van der Waals surface area contributed by atoms with Crippen molar-refractivity contribution < 1.29 is 14.3 Å². The first-order valence-electron chi connectivity index (χ1n) is 8.72. The lowest BCUT2D eigenvalue weighted by Gasteiger charge is -2.31. The van der Waals surface area contributed by atoms with E-state index in [2.05, 4.69) is 27.7 Å². The van der Waals surface area contributed by atoms with E-state index in [0.717, 1.165) is 37.7 Å². The second-order valence-electron chi connectivity index (χ2n) is 7.60. The van der Waals surface area contributed by atoms with Crippen LogP contribution in [0.25, 0.3) is 0 Å². The molecule has 0 aromatic carbocycles. The predicted octanol–water partition coefficient (Wildman–Crippen LogP) is 4.31. The molecule has 0 aromatic rings. The van der Waals surface area contributed by atoms with E-state index in [-0.39, 0.29) is 28.5 Å². The van der Waals surface area contributed by atoms with Gasteiger partial charge in [0.15, 0.2) is 5.78 Å². The molecule has 124 valence electrons. The van der Waals surface area contributed by atoms with Gasteiger partial charge in [-0.05, 0) is 43.1 Å². The van der Waals surface area contributed by atoms with Gasteiger partial charge in [0.1, 0.15) is 0 Å². The summed E-state index contributed by atoms with van der Waals surface area (Å²) in [7, 11) is 0. The number of rotatable bonds is 6. The van der Waals surface area contributed by atoms with Crippen LogP contribution in [0, 0.1) is 22.7 Å². The van der Waals surface area contributed by atoms with E-state index in [1.165, 1.54) is 0 Å². The molecule has 0 heterocycles. The van der Waals surface area contributed by atoms with Gasteiger partial charge in [-0.1, -0.05) is 46.6 Å². The van der Waals surface area contributed by atoms with Gasteiger partial charge in [0, 0.05) is 5.41 Å². The Morgan fingerprint density at radius 2 is 2.05 bits per heavy atom. The largest absolute Gasteiger partial charge is 0.466 e. The van der Waals surface area contributed by atoms with Gasteiger partial charge in [0.25, 0.3) is 0 Å². The van der Waals surface area contributed by atoms with Crippen molar-refractivity contribution in [2.24, 2.45) is 22.7 Å². The maximum Gasteiger partial charge on any atom is 0.312 e. The molecular weight excluding hydrogens is 276 g/mol. The lowest BCUT2D eigenvalue weighted by atomic mass is 9.70. The van der Waals surface area contributed by atoms with Crippen LogP contribution in [-0.2, 0) is 14.3 Å². The van der Waals surface area contributed by atoms with Crippen molar-refractivity contribution >= 4 is 11.8 Å². The SMILES string of the molecule is CCCCC(C=C1C(=O)C2(C)CCC1C2(C)C)C(=O)OCC. The van der Waals surface area contributed by atoms with Crippen molar-refractivity contribution in [1.82, 2.24) is 0 Å². The quantitative estimate of drug-likeness (QED) is 0.542. The maximum absolute atomic E-state index is 12.9. The number of Topliss-reactive ketones (excluding diaryl/α,β-unsaturated/α-hetero) is 1. The summed E-state index contributed by atoms with van der Waals surface area (Å²) in [6.45, 7) is 10.8. The number of unbranched alkanes of at least 4 members (excludes halogenated alkanes) is 1. The number of ether oxygens (including phenoxy) is 1. The summed E-state index contributed by atoms with van der Waals surface area (Å²) < 4.78 is 5.21. The monoisotopic (exact) mass is 306 g/mol. The second kappa shape index (κ2) is 6.17. The number of ketones is 1. The highest BCUT2D eigenvalue weighted by molar-refractivity contribution is 6.05. The number of carbonyl (C=O) groups excluding carboxylic acids is 2. The molecule has 3 heteroatoms. The lowest BCUT2D eigenvalue weighted by Crippen LogP contribution is -2.32. The summed E-state index contributed by atoms with van der Waals surface area (Å²) >= 11 is 0. The molecule has 0 aliphatic heterocycles. The van der Waals surface area contributed by atoms with E-state index < -0.39 is 0 Å². The van der Waals surface area contributed by atoms with Gasteiger partial charge in [-0.2, -0.15) is 0 Å². The minimum atomic E-state index is -0.266. The molecular formula is C19H30O3. The van der Waals surface area contributed by atoms with E-state index in [9.17, 15) is 9.59 Å². The van der Waals surface area contributed by atoms with E-state index in [1.54, 1.807) is 0 Å². The summed E-state index contributed by atoms with van der Waals surface area (Å²) in [6.07, 6.45) is 6.78. The number of esters is 1. The second-order valence-corrected chi connectivity index (χ2v) is 7.60. The highest BCUT2D eigenvalue weighted by Gasteiger charge is 2.63. The van der Waals surface area contributed by atoms with Crippen LogP contribution in [0.4, 0.5) is 0 Å². The topological polar surface area (TPSA) is 43.4 Å². The average Bonchev–Trinajstić information content (AvgIpc) is 2.77. The number of carbonyl (C=O) groups is 2. The van der Waals surface area contributed by atoms with Crippen molar-refractivity contribution in [1.29, 1.82) is 0 Å². The first-order chi connectivity index (χ1) is 10.3. The third kappa shape index (κ3) is 2.53. The first-order valence-corrected chi connectivity index (χ1v) is 8.72. The Kier molecular flexibility index (Phi) is 4.84. The molecule has 0 N–H and O–H groups in total. The summed E-state index contributed by atoms with van der Waals surface area (Å²) in [4.78, 5) is 25.1. The molecule has 2 aliphatic rings. The Balaban J connectivity index is 2.29. The Morgan fingerprint density at radius 3 is 2.55 bits per heavy atom. The molecule has 2 rings (SSSR count). The molecule has 0 amide bonds. The summed E-state index contributed by atoms with van der Waals surface area (Å²) in [5.41, 5.74) is 0.640. The van der Waals surface area contributed by atoms with Gasteiger partial charge >= 0.3 is 5.97 Å². The molecule has 0 saturated heterocycles. The smallest absolute Gasteiger partial charge is 0.312 e. The number of hydrogen-bond acceptors (Lipinski definition) is 3. The fourth-order valence-electron chi connectivity index (χ4n) is 4.28. The van der Waals surface area contributed by atoms with Crippen LogP contribution in [0.2, 0.25) is 0 Å². The summed E-state index contributed by atoms with van der Waals surface area (Å²) in [5.74, 6) is 0.114. The van der Waals surface area contributed by atoms with Gasteiger partial charge in [-0.25, -0.2) is 0 Å². The molecule has 3 unspecified atom stereocenters. The lowest BCUT2D eigenvalue weighted by molar-refractivity contribution is -0.146. The van der Waals surface area contributed by atoms with Gasteiger partial charge in [-0.15, -0.1) is 0 Å².